The number of nitrogens with zero attached hydrogens (tertiary/aromatic N) is 3. The number of benzene rings is 1. The second-order valence-electron chi connectivity index (χ2n) is 4.25. The van der Waals surface area contributed by atoms with E-state index in [1.807, 2.05) is 6.92 Å². The summed E-state index contributed by atoms with van der Waals surface area (Å²) in [7, 11) is 1.53. The molecule has 0 atom stereocenters. The zero-order chi connectivity index (χ0) is 15.2. The number of hydrogen-bond donors (Lipinski definition) is 1. The van der Waals surface area contributed by atoms with Crippen LogP contribution in [0.5, 0.6) is 17.4 Å². The van der Waals surface area contributed by atoms with Gasteiger partial charge in [0.25, 0.3) is 0 Å². The maximum Gasteiger partial charge on any atom is 0.224 e. The molecule has 108 valence electrons. The van der Waals surface area contributed by atoms with Crippen LogP contribution in [0.15, 0.2) is 24.3 Å². The first kappa shape index (κ1) is 14.6. The van der Waals surface area contributed by atoms with Crippen molar-refractivity contribution >= 4 is 5.82 Å². The van der Waals surface area contributed by atoms with Crippen LogP contribution < -0.4 is 14.8 Å². The molecule has 0 spiro atoms. The van der Waals surface area contributed by atoms with Gasteiger partial charge in [-0.2, -0.15) is 10.2 Å². The summed E-state index contributed by atoms with van der Waals surface area (Å²) < 4.78 is 11.0. The maximum absolute atomic E-state index is 8.89. The molecule has 0 bridgehead atoms. The van der Waals surface area contributed by atoms with E-state index in [0.29, 0.717) is 34.6 Å². The van der Waals surface area contributed by atoms with Gasteiger partial charge in [-0.05, 0) is 26.0 Å². The Morgan fingerprint density at radius 3 is 2.71 bits per heavy atom. The molecule has 0 saturated heterocycles. The first-order valence-corrected chi connectivity index (χ1v) is 6.51. The number of nitriles is 1. The van der Waals surface area contributed by atoms with Gasteiger partial charge in [0.05, 0.1) is 18.7 Å². The molecule has 0 saturated carbocycles. The molecule has 0 aliphatic carbocycles. The van der Waals surface area contributed by atoms with E-state index < -0.39 is 0 Å². The predicted molar refractivity (Wildman–Crippen MR) is 78.7 cm³/mol. The molecular formula is C15H16N4O2. The molecule has 1 aromatic carbocycles. The third-order valence-corrected chi connectivity index (χ3v) is 2.68. The van der Waals surface area contributed by atoms with Crippen LogP contribution in [-0.4, -0.2) is 23.6 Å². The lowest BCUT2D eigenvalue weighted by Gasteiger charge is -2.11. The van der Waals surface area contributed by atoms with Crippen molar-refractivity contribution in [3.63, 3.8) is 0 Å². The molecule has 0 amide bonds. The normalized spacial score (nSPS) is 9.81. The fourth-order valence-corrected chi connectivity index (χ4v) is 1.80. The number of ether oxygens (including phenoxy) is 2. The molecule has 0 aliphatic heterocycles. The Morgan fingerprint density at radius 1 is 1.24 bits per heavy atom. The molecule has 2 rings (SSSR count). The van der Waals surface area contributed by atoms with Crippen LogP contribution in [0.2, 0.25) is 0 Å². The van der Waals surface area contributed by atoms with Crippen molar-refractivity contribution in [3.05, 3.63) is 35.7 Å². The number of aromatic nitrogens is 2. The number of methoxy groups -OCH3 is 1. The highest BCUT2D eigenvalue weighted by molar-refractivity contribution is 5.49. The Kier molecular flexibility index (Phi) is 4.57. The highest BCUT2D eigenvalue weighted by Crippen LogP contribution is 2.32. The first-order chi connectivity index (χ1) is 10.2. The number of rotatable bonds is 5. The largest absolute Gasteiger partial charge is 0.493 e. The molecule has 1 heterocycles. The zero-order valence-electron chi connectivity index (χ0n) is 12.2. The molecule has 0 fully saturated rings. The summed E-state index contributed by atoms with van der Waals surface area (Å²) >= 11 is 0. The fourth-order valence-electron chi connectivity index (χ4n) is 1.80. The van der Waals surface area contributed by atoms with E-state index >= 15 is 0 Å². The van der Waals surface area contributed by atoms with Crippen molar-refractivity contribution in [1.29, 1.82) is 5.26 Å². The quantitative estimate of drug-likeness (QED) is 0.909. The summed E-state index contributed by atoms with van der Waals surface area (Å²) in [6.45, 7) is 4.54. The average Bonchev–Trinajstić information content (AvgIpc) is 2.47. The van der Waals surface area contributed by atoms with Crippen LogP contribution >= 0.6 is 0 Å². The second kappa shape index (κ2) is 6.57. The monoisotopic (exact) mass is 284 g/mol. The predicted octanol–water partition coefficient (Wildman–Crippen LogP) is 2.89. The van der Waals surface area contributed by atoms with E-state index in [4.69, 9.17) is 14.7 Å². The number of aryl methyl sites for hydroxylation is 1. The summed E-state index contributed by atoms with van der Waals surface area (Å²) in [5, 5.41) is 12.0. The van der Waals surface area contributed by atoms with Crippen molar-refractivity contribution in [3.8, 4) is 23.4 Å². The summed E-state index contributed by atoms with van der Waals surface area (Å²) in [5.41, 5.74) is 0.506. The average molecular weight is 284 g/mol. The Labute approximate surface area is 123 Å². The molecule has 21 heavy (non-hydrogen) atoms. The molecule has 6 nitrogen and oxygen atoms in total. The molecule has 6 heteroatoms. The third-order valence-electron chi connectivity index (χ3n) is 2.68. The van der Waals surface area contributed by atoms with Crippen LogP contribution in [0.3, 0.4) is 0 Å². The Balaban J connectivity index is 2.31. The molecule has 0 aliphatic rings. The molecule has 2 aromatic rings. The van der Waals surface area contributed by atoms with Crippen molar-refractivity contribution in [2.75, 3.05) is 19.0 Å². The highest BCUT2D eigenvalue weighted by atomic mass is 16.5. The van der Waals surface area contributed by atoms with Crippen LogP contribution in [0.4, 0.5) is 5.82 Å². The smallest absolute Gasteiger partial charge is 0.224 e. The van der Waals surface area contributed by atoms with Gasteiger partial charge in [-0.3, -0.25) is 0 Å². The Hall–Kier alpha value is -2.81. The molecular weight excluding hydrogens is 268 g/mol. The lowest BCUT2D eigenvalue weighted by atomic mass is 10.2. The van der Waals surface area contributed by atoms with Crippen LogP contribution in [0.25, 0.3) is 0 Å². The lowest BCUT2D eigenvalue weighted by Crippen LogP contribution is -2.03. The maximum atomic E-state index is 8.89. The minimum atomic E-state index is 0.418. The fraction of sp³-hybridized carbons (Fsp3) is 0.267. The summed E-state index contributed by atoms with van der Waals surface area (Å²) in [5.74, 6) is 2.71. The minimum absolute atomic E-state index is 0.418. The van der Waals surface area contributed by atoms with Crippen molar-refractivity contribution < 1.29 is 9.47 Å². The van der Waals surface area contributed by atoms with E-state index in [0.717, 1.165) is 6.54 Å². The van der Waals surface area contributed by atoms with Gasteiger partial charge < -0.3 is 14.8 Å². The van der Waals surface area contributed by atoms with Crippen LogP contribution in [0.1, 0.15) is 18.3 Å². The van der Waals surface area contributed by atoms with E-state index in [1.165, 1.54) is 7.11 Å². The highest BCUT2D eigenvalue weighted by Gasteiger charge is 2.09. The molecule has 1 N–H and O–H groups in total. The van der Waals surface area contributed by atoms with Gasteiger partial charge >= 0.3 is 0 Å². The van der Waals surface area contributed by atoms with Crippen LogP contribution in [0, 0.1) is 18.3 Å². The van der Waals surface area contributed by atoms with Gasteiger partial charge in [-0.15, -0.1) is 0 Å². The Bertz CT molecular complexity index is 680. The Morgan fingerprint density at radius 2 is 2.05 bits per heavy atom. The lowest BCUT2D eigenvalue weighted by molar-refractivity contribution is 0.373. The minimum Gasteiger partial charge on any atom is -0.493 e. The SMILES string of the molecule is CCNc1cc(Oc2ccc(C#N)cc2OC)nc(C)n1. The standard InChI is InChI=1S/C15H16N4O2/c1-4-17-14-8-15(19-10(2)18-14)21-12-6-5-11(9-16)7-13(12)20-3/h5-8H,4H2,1-3H3,(H,17,18,19). The molecule has 1 aromatic heterocycles. The van der Waals surface area contributed by atoms with Gasteiger partial charge in [-0.1, -0.05) is 0 Å². The van der Waals surface area contributed by atoms with E-state index in [1.54, 1.807) is 31.2 Å². The third kappa shape index (κ3) is 3.60. The van der Waals surface area contributed by atoms with Crippen molar-refractivity contribution in [2.24, 2.45) is 0 Å². The number of nitrogens with one attached hydrogen (secondary N) is 1. The van der Waals surface area contributed by atoms with E-state index in [9.17, 15) is 0 Å². The van der Waals surface area contributed by atoms with Gasteiger partial charge in [0.15, 0.2) is 11.5 Å². The first-order valence-electron chi connectivity index (χ1n) is 6.51. The van der Waals surface area contributed by atoms with Gasteiger partial charge in [0.2, 0.25) is 5.88 Å². The second-order valence-corrected chi connectivity index (χ2v) is 4.25. The zero-order valence-corrected chi connectivity index (χ0v) is 12.2. The van der Waals surface area contributed by atoms with E-state index in [2.05, 4.69) is 21.4 Å². The summed E-state index contributed by atoms with van der Waals surface area (Å²) in [6, 6.07) is 8.74. The van der Waals surface area contributed by atoms with Gasteiger partial charge in [-0.25, -0.2) is 4.98 Å². The van der Waals surface area contributed by atoms with Crippen molar-refractivity contribution in [2.45, 2.75) is 13.8 Å². The van der Waals surface area contributed by atoms with E-state index in [-0.39, 0.29) is 0 Å². The topological polar surface area (TPSA) is 80.1 Å². The van der Waals surface area contributed by atoms with Crippen LogP contribution in [-0.2, 0) is 0 Å². The van der Waals surface area contributed by atoms with Gasteiger partial charge in [0.1, 0.15) is 11.6 Å². The number of hydrogen-bond acceptors (Lipinski definition) is 6. The van der Waals surface area contributed by atoms with Crippen molar-refractivity contribution in [1.82, 2.24) is 9.97 Å². The summed E-state index contributed by atoms with van der Waals surface area (Å²) in [6.07, 6.45) is 0. The number of anilines is 1. The molecule has 0 unspecified atom stereocenters. The van der Waals surface area contributed by atoms with Gasteiger partial charge in [0, 0.05) is 18.7 Å². The molecule has 0 radical (unpaired) electrons. The summed E-state index contributed by atoms with van der Waals surface area (Å²) in [4.78, 5) is 8.49.